The quantitative estimate of drug-likeness (QED) is 0.212. The molecule has 0 fully saturated rings. The number of para-hydroxylation sites is 1. The molecule has 0 aliphatic carbocycles. The number of aromatic nitrogens is 5. The normalized spacial score (nSPS) is 11.4. The van der Waals surface area contributed by atoms with Gasteiger partial charge in [0.1, 0.15) is 5.75 Å². The number of carbonyl (C=O) groups is 1. The fraction of sp³-hybridized carbons (Fsp3) is 0.143. The van der Waals surface area contributed by atoms with Gasteiger partial charge in [-0.3, -0.25) is 4.79 Å². The summed E-state index contributed by atoms with van der Waals surface area (Å²) < 4.78 is 11.4. The molecular weight excluding hydrogens is 480 g/mol. The second kappa shape index (κ2) is 10.4. The summed E-state index contributed by atoms with van der Waals surface area (Å²) in [6.07, 6.45) is 0. The number of hydrogen-bond donors (Lipinski definition) is 2. The van der Waals surface area contributed by atoms with Crippen LogP contribution in [-0.4, -0.2) is 44.0 Å². The molecule has 0 spiro atoms. The average Bonchev–Trinajstić information content (AvgIpc) is 3.47. The van der Waals surface area contributed by atoms with Gasteiger partial charge >= 0.3 is 0 Å². The van der Waals surface area contributed by atoms with Crippen LogP contribution in [0.1, 0.15) is 28.7 Å². The molecule has 0 radical (unpaired) electrons. The van der Waals surface area contributed by atoms with Crippen LogP contribution in [0.5, 0.6) is 5.75 Å². The topological polar surface area (TPSA) is 146 Å². The van der Waals surface area contributed by atoms with E-state index in [9.17, 15) is 4.79 Å². The Hall–Kier alpha value is -3.90. The minimum absolute atomic E-state index is 0.0136. The predicted molar refractivity (Wildman–Crippen MR) is 127 cm³/mol. The van der Waals surface area contributed by atoms with E-state index in [1.807, 2.05) is 36.4 Å². The van der Waals surface area contributed by atoms with E-state index in [1.165, 1.54) is 16.4 Å². The molecule has 2 heterocycles. The monoisotopic (exact) mass is 498 g/mol. The van der Waals surface area contributed by atoms with Gasteiger partial charge in [0.2, 0.25) is 11.6 Å². The van der Waals surface area contributed by atoms with Crippen LogP contribution in [0.15, 0.2) is 63.2 Å². The highest BCUT2D eigenvalue weighted by Crippen LogP contribution is 2.27. The third-order valence-corrected chi connectivity index (χ3v) is 5.96. The maximum Gasteiger partial charge on any atom is 0.293 e. The second-order valence-electron chi connectivity index (χ2n) is 6.85. The number of hydrogen-bond acceptors (Lipinski definition) is 10. The van der Waals surface area contributed by atoms with Crippen molar-refractivity contribution in [1.29, 1.82) is 0 Å². The highest BCUT2D eigenvalue weighted by atomic mass is 35.5. The molecule has 0 bridgehead atoms. The Kier molecular flexibility index (Phi) is 7.09. The minimum Gasteiger partial charge on any atom is -0.496 e. The van der Waals surface area contributed by atoms with Gasteiger partial charge in [0.25, 0.3) is 5.91 Å². The van der Waals surface area contributed by atoms with Crippen molar-refractivity contribution in [3.8, 4) is 11.6 Å². The number of nitrogens with zero attached hydrogens (tertiary/aromatic N) is 6. The first kappa shape index (κ1) is 23.3. The number of nitrogens with one attached hydrogen (secondary N) is 1. The molecule has 0 aliphatic heterocycles. The molecule has 0 unspecified atom stereocenters. The van der Waals surface area contributed by atoms with Crippen LogP contribution < -0.4 is 15.9 Å². The van der Waals surface area contributed by atoms with Crippen molar-refractivity contribution in [2.24, 2.45) is 5.10 Å². The van der Waals surface area contributed by atoms with Gasteiger partial charge in [-0.2, -0.15) is 9.78 Å². The number of methoxy groups -OCH3 is 1. The van der Waals surface area contributed by atoms with E-state index in [2.05, 4.69) is 35.8 Å². The lowest BCUT2D eigenvalue weighted by Gasteiger charge is -2.08. The Balaban J connectivity index is 1.61. The largest absolute Gasteiger partial charge is 0.496 e. The number of hydrazone groups is 1. The molecule has 34 heavy (non-hydrogen) atoms. The Morgan fingerprint density at radius 1 is 1.24 bits per heavy atom. The number of carbonyl (C=O) groups excluding carboxylic acids is 1. The first-order chi connectivity index (χ1) is 16.5. The second-order valence-corrected chi connectivity index (χ2v) is 8.34. The van der Waals surface area contributed by atoms with E-state index in [1.54, 1.807) is 26.2 Å². The fourth-order valence-corrected chi connectivity index (χ4v) is 4.01. The molecule has 0 saturated heterocycles. The van der Waals surface area contributed by atoms with Gasteiger partial charge in [-0.25, -0.2) is 10.1 Å². The van der Waals surface area contributed by atoms with Crippen LogP contribution >= 0.6 is 23.4 Å². The summed E-state index contributed by atoms with van der Waals surface area (Å²) >= 11 is 7.42. The molecule has 3 N–H and O–H groups in total. The Morgan fingerprint density at radius 3 is 2.71 bits per heavy atom. The molecule has 0 aliphatic rings. The number of nitrogens with two attached hydrogens (primary N) is 1. The SMILES string of the molecule is COc1ccccc1/C(C)=N\NC(=O)c1nnn(-c2nonc2N)c1CSc1ccc(Cl)cc1. The van der Waals surface area contributed by atoms with Gasteiger partial charge < -0.3 is 10.5 Å². The predicted octanol–water partition coefficient (Wildman–Crippen LogP) is 3.34. The van der Waals surface area contributed by atoms with Crippen LogP contribution in [0.3, 0.4) is 0 Å². The number of benzene rings is 2. The standard InChI is InChI=1S/C21H19ClN8O3S/c1-12(15-5-3-4-6-17(15)32-2)24-26-21(31)18-16(11-34-14-9-7-13(22)8-10-14)30(29-25-18)20-19(23)27-33-28-20/h3-10H,11H2,1-2H3,(H2,23,27)(H,26,31)/b24-12-. The summed E-state index contributed by atoms with van der Waals surface area (Å²) in [6.45, 7) is 1.76. The van der Waals surface area contributed by atoms with Gasteiger partial charge in [-0.15, -0.1) is 16.9 Å². The fourth-order valence-electron chi connectivity index (χ4n) is 2.99. The lowest BCUT2D eigenvalue weighted by atomic mass is 10.1. The van der Waals surface area contributed by atoms with Crippen molar-refractivity contribution in [3.63, 3.8) is 0 Å². The van der Waals surface area contributed by atoms with Crippen molar-refractivity contribution in [3.05, 3.63) is 70.5 Å². The zero-order chi connectivity index (χ0) is 24.1. The van der Waals surface area contributed by atoms with Gasteiger partial charge in [0.15, 0.2) is 5.69 Å². The van der Waals surface area contributed by atoms with Gasteiger partial charge in [0, 0.05) is 21.2 Å². The molecule has 2 aromatic carbocycles. The summed E-state index contributed by atoms with van der Waals surface area (Å²) in [4.78, 5) is 13.9. The molecule has 13 heteroatoms. The third-order valence-electron chi connectivity index (χ3n) is 4.69. The number of halogens is 1. The number of amides is 1. The number of ether oxygens (including phenoxy) is 1. The maximum atomic E-state index is 13.0. The van der Waals surface area contributed by atoms with Crippen LogP contribution in [-0.2, 0) is 5.75 Å². The summed E-state index contributed by atoms with van der Waals surface area (Å²) in [6, 6.07) is 14.7. The molecule has 174 valence electrons. The smallest absolute Gasteiger partial charge is 0.293 e. The van der Waals surface area contributed by atoms with E-state index in [4.69, 9.17) is 22.1 Å². The molecule has 4 aromatic rings. The Bertz CT molecular complexity index is 1340. The molecule has 1 amide bonds. The summed E-state index contributed by atoms with van der Waals surface area (Å²) in [5.41, 5.74) is 10.1. The maximum absolute atomic E-state index is 13.0. The lowest BCUT2D eigenvalue weighted by Crippen LogP contribution is -2.21. The highest BCUT2D eigenvalue weighted by molar-refractivity contribution is 7.98. The molecule has 0 saturated carbocycles. The summed E-state index contributed by atoms with van der Waals surface area (Å²) in [5.74, 6) is 0.547. The van der Waals surface area contributed by atoms with Crippen molar-refractivity contribution in [1.82, 2.24) is 30.7 Å². The van der Waals surface area contributed by atoms with Crippen molar-refractivity contribution in [2.75, 3.05) is 12.8 Å². The molecule has 11 nitrogen and oxygen atoms in total. The Labute approximate surface area is 203 Å². The molecule has 0 atom stereocenters. The Morgan fingerprint density at radius 2 is 2.00 bits per heavy atom. The van der Waals surface area contributed by atoms with Gasteiger partial charge in [-0.1, -0.05) is 28.9 Å². The highest BCUT2D eigenvalue weighted by Gasteiger charge is 2.24. The van der Waals surface area contributed by atoms with Crippen LogP contribution in [0.2, 0.25) is 5.02 Å². The van der Waals surface area contributed by atoms with E-state index in [0.717, 1.165) is 10.5 Å². The molecule has 4 rings (SSSR count). The number of anilines is 1. The number of thioether (sulfide) groups is 1. The summed E-state index contributed by atoms with van der Waals surface area (Å²) in [7, 11) is 1.57. The van der Waals surface area contributed by atoms with Crippen LogP contribution in [0, 0.1) is 0 Å². The van der Waals surface area contributed by atoms with E-state index in [-0.39, 0.29) is 17.3 Å². The van der Waals surface area contributed by atoms with Gasteiger partial charge in [0.05, 0.1) is 18.5 Å². The van der Waals surface area contributed by atoms with E-state index < -0.39 is 5.91 Å². The van der Waals surface area contributed by atoms with E-state index in [0.29, 0.717) is 27.9 Å². The first-order valence-corrected chi connectivity index (χ1v) is 11.2. The first-order valence-electron chi connectivity index (χ1n) is 9.87. The zero-order valence-electron chi connectivity index (χ0n) is 18.1. The third kappa shape index (κ3) is 5.02. The van der Waals surface area contributed by atoms with Crippen molar-refractivity contribution >= 4 is 40.8 Å². The summed E-state index contributed by atoms with van der Waals surface area (Å²) in [5, 5.41) is 20.2. The van der Waals surface area contributed by atoms with Crippen LogP contribution in [0.25, 0.3) is 5.82 Å². The lowest BCUT2D eigenvalue weighted by molar-refractivity contribution is 0.0949. The molecule has 2 aromatic heterocycles. The van der Waals surface area contributed by atoms with Crippen molar-refractivity contribution in [2.45, 2.75) is 17.6 Å². The minimum atomic E-state index is -0.553. The zero-order valence-corrected chi connectivity index (χ0v) is 19.7. The van der Waals surface area contributed by atoms with Crippen LogP contribution in [0.4, 0.5) is 5.82 Å². The van der Waals surface area contributed by atoms with Crippen molar-refractivity contribution < 1.29 is 14.2 Å². The van der Waals surface area contributed by atoms with Gasteiger partial charge in [-0.05, 0) is 53.6 Å². The number of rotatable bonds is 8. The molecular formula is C21H19ClN8O3S. The van der Waals surface area contributed by atoms with E-state index >= 15 is 0 Å². The number of nitrogen functional groups attached to an aromatic ring is 1. The average molecular weight is 499 g/mol.